The average molecular weight is 490 g/mol. The van der Waals surface area contributed by atoms with E-state index in [9.17, 15) is 18.0 Å². The Morgan fingerprint density at radius 1 is 0.912 bits per heavy atom. The molecule has 1 aliphatic carbocycles. The summed E-state index contributed by atoms with van der Waals surface area (Å²) in [6.07, 6.45) is 4.71. The molecule has 0 spiro atoms. The highest BCUT2D eigenvalue weighted by Gasteiger charge is 2.31. The van der Waals surface area contributed by atoms with Crippen LogP contribution >= 0.6 is 0 Å². The Morgan fingerprint density at radius 3 is 2.24 bits per heavy atom. The van der Waals surface area contributed by atoms with E-state index >= 15 is 0 Å². The standard InChI is InChI=1S/C24H35N5O4S/c1-2-8-25-23(30)18-26-9-11-27(12-10-26)19-24(31)28-13-15-29(16-14-28)34(32,33)22-7-6-20-4-3-5-21(20)17-22/h2,6-7,17H,1,3-5,8-16,18-19H2,(H,25,30). The Kier molecular flexibility index (Phi) is 8.02. The van der Waals surface area contributed by atoms with E-state index in [1.807, 2.05) is 12.1 Å². The van der Waals surface area contributed by atoms with E-state index in [0.717, 1.165) is 51.0 Å². The lowest BCUT2D eigenvalue weighted by atomic mass is 10.1. The van der Waals surface area contributed by atoms with Crippen LogP contribution < -0.4 is 5.32 Å². The molecule has 10 heteroatoms. The molecule has 9 nitrogen and oxygen atoms in total. The van der Waals surface area contributed by atoms with Crippen LogP contribution in [0.5, 0.6) is 0 Å². The normalized spacial score (nSPS) is 20.2. The van der Waals surface area contributed by atoms with Gasteiger partial charge < -0.3 is 10.2 Å². The first-order valence-corrected chi connectivity index (χ1v) is 13.5. The largest absolute Gasteiger partial charge is 0.352 e. The maximum atomic E-state index is 13.1. The summed E-state index contributed by atoms with van der Waals surface area (Å²) in [6.45, 7) is 9.13. The summed E-state index contributed by atoms with van der Waals surface area (Å²) in [5.74, 6) is 0.0175. The van der Waals surface area contributed by atoms with Crippen LogP contribution in [0.1, 0.15) is 17.5 Å². The maximum absolute atomic E-state index is 13.1. The van der Waals surface area contributed by atoms with Crippen molar-refractivity contribution >= 4 is 21.8 Å². The minimum absolute atomic E-state index is 0.0165. The molecule has 4 rings (SSSR count). The zero-order valence-electron chi connectivity index (χ0n) is 19.7. The van der Waals surface area contributed by atoms with Crippen molar-refractivity contribution in [1.82, 2.24) is 24.3 Å². The number of nitrogens with one attached hydrogen (secondary N) is 1. The predicted molar refractivity (Wildman–Crippen MR) is 130 cm³/mol. The van der Waals surface area contributed by atoms with Crippen LogP contribution in [0, 0.1) is 0 Å². The van der Waals surface area contributed by atoms with E-state index in [2.05, 4.69) is 21.7 Å². The zero-order valence-corrected chi connectivity index (χ0v) is 20.6. The van der Waals surface area contributed by atoms with Crippen molar-refractivity contribution in [3.8, 4) is 0 Å². The highest BCUT2D eigenvalue weighted by atomic mass is 32.2. The topological polar surface area (TPSA) is 93.3 Å². The molecule has 1 aromatic rings. The average Bonchev–Trinajstić information content (AvgIpc) is 3.32. The number of piperazine rings is 2. The molecule has 0 saturated carbocycles. The predicted octanol–water partition coefficient (Wildman–Crippen LogP) is -0.0720. The maximum Gasteiger partial charge on any atom is 0.243 e. The van der Waals surface area contributed by atoms with Crippen LogP contribution in [-0.2, 0) is 32.5 Å². The van der Waals surface area contributed by atoms with Crippen LogP contribution in [0.2, 0.25) is 0 Å². The van der Waals surface area contributed by atoms with E-state index in [1.54, 1.807) is 17.0 Å². The minimum atomic E-state index is -3.54. The SMILES string of the molecule is C=CCNC(=O)CN1CCN(CC(=O)N2CCN(S(=O)(=O)c3ccc4c(c3)CCC4)CC2)CC1. The molecule has 0 aromatic heterocycles. The van der Waals surface area contributed by atoms with Crippen LogP contribution in [0.3, 0.4) is 0 Å². The first-order valence-electron chi connectivity index (χ1n) is 12.1. The molecular formula is C24H35N5O4S. The molecule has 2 fully saturated rings. The third kappa shape index (κ3) is 5.86. The molecule has 2 saturated heterocycles. The number of rotatable bonds is 8. The lowest BCUT2D eigenvalue weighted by Gasteiger charge is -2.37. The molecule has 0 atom stereocenters. The lowest BCUT2D eigenvalue weighted by Crippen LogP contribution is -2.55. The molecule has 1 N–H and O–H groups in total. The summed E-state index contributed by atoms with van der Waals surface area (Å²) in [7, 11) is -3.54. The summed E-state index contributed by atoms with van der Waals surface area (Å²) < 4.78 is 27.7. The van der Waals surface area contributed by atoms with Gasteiger partial charge >= 0.3 is 0 Å². The number of benzene rings is 1. The third-order valence-electron chi connectivity index (χ3n) is 6.93. The first-order chi connectivity index (χ1) is 16.4. The van der Waals surface area contributed by atoms with Gasteiger partial charge in [-0.2, -0.15) is 4.31 Å². The molecule has 3 aliphatic rings. The fourth-order valence-electron chi connectivity index (χ4n) is 4.88. The van der Waals surface area contributed by atoms with Gasteiger partial charge in [0.25, 0.3) is 0 Å². The Bertz CT molecular complexity index is 1010. The van der Waals surface area contributed by atoms with Crippen LogP contribution in [-0.4, -0.2) is 111 Å². The van der Waals surface area contributed by atoms with Crippen molar-refractivity contribution in [2.75, 3.05) is 72.0 Å². The highest BCUT2D eigenvalue weighted by molar-refractivity contribution is 7.89. The molecule has 2 amide bonds. The summed E-state index contributed by atoms with van der Waals surface area (Å²) in [4.78, 5) is 31.0. The Morgan fingerprint density at radius 2 is 1.56 bits per heavy atom. The van der Waals surface area contributed by atoms with Gasteiger partial charge in [-0.15, -0.1) is 6.58 Å². The van der Waals surface area contributed by atoms with Gasteiger partial charge in [0.1, 0.15) is 0 Å². The number of sulfonamides is 1. The zero-order chi connectivity index (χ0) is 24.1. The number of aryl methyl sites for hydroxylation is 2. The molecule has 0 bridgehead atoms. The van der Waals surface area contributed by atoms with Gasteiger partial charge in [-0.3, -0.25) is 19.4 Å². The Balaban J connectivity index is 1.22. The van der Waals surface area contributed by atoms with E-state index < -0.39 is 10.0 Å². The van der Waals surface area contributed by atoms with Gasteiger partial charge in [0.05, 0.1) is 18.0 Å². The second-order valence-electron chi connectivity index (χ2n) is 9.21. The van der Waals surface area contributed by atoms with Crippen LogP contribution in [0.4, 0.5) is 0 Å². The Labute approximate surface area is 202 Å². The van der Waals surface area contributed by atoms with Gasteiger partial charge in [-0.1, -0.05) is 12.1 Å². The number of fused-ring (bicyclic) bond motifs is 1. The number of carbonyl (C=O) groups is 2. The molecular weight excluding hydrogens is 454 g/mol. The highest BCUT2D eigenvalue weighted by Crippen LogP contribution is 2.26. The molecule has 0 unspecified atom stereocenters. The van der Waals surface area contributed by atoms with Gasteiger partial charge in [-0.25, -0.2) is 8.42 Å². The summed E-state index contributed by atoms with van der Waals surface area (Å²) in [5, 5.41) is 2.78. The first kappa shape index (κ1) is 24.8. The monoisotopic (exact) mass is 489 g/mol. The van der Waals surface area contributed by atoms with E-state index in [-0.39, 0.29) is 11.8 Å². The summed E-state index contributed by atoms with van der Waals surface area (Å²) in [5.41, 5.74) is 2.40. The van der Waals surface area contributed by atoms with Gasteiger partial charge in [0.2, 0.25) is 21.8 Å². The van der Waals surface area contributed by atoms with Crippen molar-refractivity contribution < 1.29 is 18.0 Å². The van der Waals surface area contributed by atoms with E-state index in [4.69, 9.17) is 0 Å². The second-order valence-corrected chi connectivity index (χ2v) is 11.2. The number of amides is 2. The third-order valence-corrected chi connectivity index (χ3v) is 8.83. The van der Waals surface area contributed by atoms with E-state index in [0.29, 0.717) is 50.7 Å². The number of hydrogen-bond donors (Lipinski definition) is 1. The van der Waals surface area contributed by atoms with Crippen molar-refractivity contribution in [2.45, 2.75) is 24.2 Å². The molecule has 2 heterocycles. The minimum Gasteiger partial charge on any atom is -0.352 e. The molecule has 0 radical (unpaired) electrons. The van der Waals surface area contributed by atoms with Crippen LogP contribution in [0.15, 0.2) is 35.7 Å². The number of nitrogens with zero attached hydrogens (tertiary/aromatic N) is 4. The molecule has 1 aromatic carbocycles. The molecule has 2 aliphatic heterocycles. The molecule has 186 valence electrons. The van der Waals surface area contributed by atoms with Gasteiger partial charge in [0, 0.05) is 58.9 Å². The lowest BCUT2D eigenvalue weighted by molar-refractivity contribution is -0.134. The van der Waals surface area contributed by atoms with Crippen LogP contribution in [0.25, 0.3) is 0 Å². The quantitative estimate of drug-likeness (QED) is 0.514. The van der Waals surface area contributed by atoms with E-state index in [1.165, 1.54) is 9.87 Å². The van der Waals surface area contributed by atoms with Gasteiger partial charge in [-0.05, 0) is 42.5 Å². The smallest absolute Gasteiger partial charge is 0.243 e. The number of carbonyl (C=O) groups excluding carboxylic acids is 2. The fourth-order valence-corrected chi connectivity index (χ4v) is 6.35. The van der Waals surface area contributed by atoms with Crippen molar-refractivity contribution in [3.63, 3.8) is 0 Å². The van der Waals surface area contributed by atoms with Crippen molar-refractivity contribution in [2.24, 2.45) is 0 Å². The number of hydrogen-bond acceptors (Lipinski definition) is 6. The fraction of sp³-hybridized carbons (Fsp3) is 0.583. The van der Waals surface area contributed by atoms with Crippen molar-refractivity contribution in [1.29, 1.82) is 0 Å². The summed E-state index contributed by atoms with van der Waals surface area (Å²) >= 11 is 0. The van der Waals surface area contributed by atoms with Gasteiger partial charge in [0.15, 0.2) is 0 Å². The Hall–Kier alpha value is -2.27. The van der Waals surface area contributed by atoms with Crippen molar-refractivity contribution in [3.05, 3.63) is 42.0 Å². The molecule has 34 heavy (non-hydrogen) atoms. The second kappa shape index (κ2) is 11.0. The summed E-state index contributed by atoms with van der Waals surface area (Å²) in [6, 6.07) is 5.50.